The molecule has 0 N–H and O–H groups in total. The van der Waals surface area contributed by atoms with E-state index < -0.39 is 0 Å². The molecule has 0 fully saturated rings. The van der Waals surface area contributed by atoms with Crippen LogP contribution in [0.15, 0.2) is 127 Å². The molecular weight excluding hydrogens is 523 g/mol. The van der Waals surface area contributed by atoms with Crippen LogP contribution in [0.25, 0.3) is 73.7 Å². The molecule has 0 unspecified atom stereocenters. The van der Waals surface area contributed by atoms with Crippen molar-refractivity contribution < 1.29 is 0 Å². The molecule has 0 aliphatic heterocycles. The van der Waals surface area contributed by atoms with E-state index in [1.165, 1.54) is 62.6 Å². The molecule has 2 heterocycles. The van der Waals surface area contributed by atoms with Gasteiger partial charge in [-0.3, -0.25) is 0 Å². The number of nitriles is 1. The van der Waals surface area contributed by atoms with Crippen LogP contribution in [-0.2, 0) is 0 Å². The fourth-order valence-electron chi connectivity index (χ4n) is 5.77. The number of hydrogen-bond acceptors (Lipinski definition) is 3. The largest absolute Gasteiger partial charge is 0.192 e. The zero-order valence-electron chi connectivity index (χ0n) is 21.4. The first-order valence-corrected chi connectivity index (χ1v) is 14.9. The lowest BCUT2D eigenvalue weighted by Gasteiger charge is -2.14. The summed E-state index contributed by atoms with van der Waals surface area (Å²) in [5.41, 5.74) is 7.56. The molecule has 0 bridgehead atoms. The van der Waals surface area contributed by atoms with E-state index in [0.717, 1.165) is 11.1 Å². The first kappa shape index (κ1) is 23.2. The van der Waals surface area contributed by atoms with Gasteiger partial charge in [0.05, 0.1) is 11.6 Å². The Morgan fingerprint density at radius 1 is 0.400 bits per heavy atom. The summed E-state index contributed by atoms with van der Waals surface area (Å²) in [5.74, 6) is 0. The van der Waals surface area contributed by atoms with Crippen molar-refractivity contribution in [3.05, 3.63) is 133 Å². The summed E-state index contributed by atoms with van der Waals surface area (Å²) in [6.45, 7) is 0. The van der Waals surface area contributed by atoms with E-state index >= 15 is 0 Å². The van der Waals surface area contributed by atoms with Gasteiger partial charge in [-0.25, -0.2) is 0 Å². The Morgan fingerprint density at radius 2 is 1.02 bits per heavy atom. The van der Waals surface area contributed by atoms with E-state index in [1.807, 2.05) is 40.9 Å². The molecule has 0 spiro atoms. The average Bonchev–Trinajstić information content (AvgIpc) is 3.58. The van der Waals surface area contributed by atoms with E-state index in [4.69, 9.17) is 0 Å². The highest BCUT2D eigenvalue weighted by Crippen LogP contribution is 2.41. The lowest BCUT2D eigenvalue weighted by molar-refractivity contribution is 1.48. The van der Waals surface area contributed by atoms with E-state index in [2.05, 4.69) is 115 Å². The summed E-state index contributed by atoms with van der Waals surface area (Å²) in [7, 11) is 0. The number of rotatable bonds is 3. The molecule has 186 valence electrons. The van der Waals surface area contributed by atoms with Gasteiger partial charge in [0.15, 0.2) is 0 Å². The van der Waals surface area contributed by atoms with E-state index in [0.29, 0.717) is 5.56 Å². The van der Waals surface area contributed by atoms with Crippen molar-refractivity contribution in [3.63, 3.8) is 0 Å². The van der Waals surface area contributed by atoms with Crippen LogP contribution in [0, 0.1) is 11.3 Å². The quantitative estimate of drug-likeness (QED) is 0.217. The third-order valence-electron chi connectivity index (χ3n) is 7.72. The monoisotopic (exact) mass is 543 g/mol. The molecule has 1 nitrogen and oxygen atoms in total. The summed E-state index contributed by atoms with van der Waals surface area (Å²) in [4.78, 5) is 0. The molecule has 8 aromatic rings. The van der Waals surface area contributed by atoms with E-state index in [1.54, 1.807) is 0 Å². The molecule has 0 atom stereocenters. The van der Waals surface area contributed by atoms with Crippen LogP contribution in [-0.4, -0.2) is 0 Å². The zero-order chi connectivity index (χ0) is 26.6. The van der Waals surface area contributed by atoms with Gasteiger partial charge >= 0.3 is 0 Å². The normalized spacial score (nSPS) is 11.5. The average molecular weight is 544 g/mol. The maximum Gasteiger partial charge on any atom is 0.0991 e. The molecule has 0 aliphatic rings. The van der Waals surface area contributed by atoms with E-state index in [9.17, 15) is 5.26 Å². The molecule has 40 heavy (non-hydrogen) atoms. The molecule has 0 amide bonds. The van der Waals surface area contributed by atoms with Gasteiger partial charge < -0.3 is 0 Å². The predicted octanol–water partition coefficient (Wildman–Crippen LogP) is 11.3. The Hall–Kier alpha value is -4.75. The van der Waals surface area contributed by atoms with Gasteiger partial charge in [-0.2, -0.15) is 5.26 Å². The maximum absolute atomic E-state index is 9.64. The molecule has 2 aromatic heterocycles. The second-order valence-electron chi connectivity index (χ2n) is 10.1. The van der Waals surface area contributed by atoms with Crippen molar-refractivity contribution in [1.29, 1.82) is 5.26 Å². The van der Waals surface area contributed by atoms with Gasteiger partial charge in [0.25, 0.3) is 0 Å². The molecule has 8 rings (SSSR count). The number of thiophene rings is 2. The molecule has 0 saturated heterocycles. The van der Waals surface area contributed by atoms with Crippen molar-refractivity contribution in [2.24, 2.45) is 0 Å². The maximum atomic E-state index is 9.64. The van der Waals surface area contributed by atoms with Crippen LogP contribution in [0.4, 0.5) is 0 Å². The third kappa shape index (κ3) is 3.73. The van der Waals surface area contributed by atoms with Crippen LogP contribution >= 0.6 is 22.7 Å². The first-order valence-electron chi connectivity index (χ1n) is 13.2. The highest BCUT2D eigenvalue weighted by Gasteiger charge is 2.14. The summed E-state index contributed by atoms with van der Waals surface area (Å²) < 4.78 is 5.22. The smallest absolute Gasteiger partial charge is 0.0991 e. The first-order chi connectivity index (χ1) is 19.7. The van der Waals surface area contributed by atoms with Crippen molar-refractivity contribution >= 4 is 63.0 Å². The van der Waals surface area contributed by atoms with Gasteiger partial charge in [0.2, 0.25) is 0 Å². The van der Waals surface area contributed by atoms with Crippen LogP contribution in [0.1, 0.15) is 5.56 Å². The van der Waals surface area contributed by atoms with Crippen LogP contribution in [0.3, 0.4) is 0 Å². The molecule has 0 saturated carbocycles. The fraction of sp³-hybridized carbons (Fsp3) is 0. The van der Waals surface area contributed by atoms with Crippen molar-refractivity contribution in [2.75, 3.05) is 0 Å². The zero-order valence-corrected chi connectivity index (χ0v) is 23.0. The summed E-state index contributed by atoms with van der Waals surface area (Å²) in [6.07, 6.45) is 0. The number of benzene rings is 6. The highest BCUT2D eigenvalue weighted by atomic mass is 32.1. The summed E-state index contributed by atoms with van der Waals surface area (Å²) >= 11 is 3.68. The van der Waals surface area contributed by atoms with Gasteiger partial charge in [-0.15, -0.1) is 22.7 Å². The second-order valence-corrected chi connectivity index (χ2v) is 12.2. The Bertz CT molecular complexity index is 2290. The minimum absolute atomic E-state index is 0.667. The standard InChI is InChI=1S/C37H21NS2/c38-22-23-6-5-7-26(18-23)32-19-24(25-13-16-31-29-8-1-3-10-34(29)40-37(31)21-25)12-15-28(32)27-14-17-36-33(20-27)30-9-2-4-11-35(30)39-36/h1-21H. The minimum Gasteiger partial charge on any atom is -0.192 e. The van der Waals surface area contributed by atoms with Gasteiger partial charge in [0, 0.05) is 40.3 Å². The lowest BCUT2D eigenvalue weighted by atomic mass is 9.90. The predicted molar refractivity (Wildman–Crippen MR) is 173 cm³/mol. The Morgan fingerprint density at radius 3 is 1.85 bits per heavy atom. The Balaban J connectivity index is 1.33. The second kappa shape index (κ2) is 9.17. The minimum atomic E-state index is 0.667. The van der Waals surface area contributed by atoms with Crippen LogP contribution in [0.2, 0.25) is 0 Å². The Labute approximate surface area is 239 Å². The van der Waals surface area contributed by atoms with E-state index in [-0.39, 0.29) is 0 Å². The number of fused-ring (bicyclic) bond motifs is 6. The van der Waals surface area contributed by atoms with Gasteiger partial charge in [-0.05, 0) is 81.9 Å². The summed E-state index contributed by atoms with van der Waals surface area (Å²) in [5, 5.41) is 14.8. The van der Waals surface area contributed by atoms with Crippen molar-refractivity contribution in [1.82, 2.24) is 0 Å². The fourth-order valence-corrected chi connectivity index (χ4v) is 8.00. The number of hydrogen-bond donors (Lipinski definition) is 0. The third-order valence-corrected chi connectivity index (χ3v) is 10.0. The van der Waals surface area contributed by atoms with Gasteiger partial charge in [0.1, 0.15) is 0 Å². The molecule has 3 heteroatoms. The highest BCUT2D eigenvalue weighted by molar-refractivity contribution is 7.26. The van der Waals surface area contributed by atoms with Crippen molar-refractivity contribution in [3.8, 4) is 39.4 Å². The molecule has 0 radical (unpaired) electrons. The van der Waals surface area contributed by atoms with Crippen LogP contribution < -0.4 is 0 Å². The van der Waals surface area contributed by atoms with Crippen LogP contribution in [0.5, 0.6) is 0 Å². The topological polar surface area (TPSA) is 23.8 Å². The SMILES string of the molecule is N#Cc1cccc(-c2cc(-c3ccc4c(c3)sc3ccccc34)ccc2-c2ccc3sc4ccccc4c3c2)c1. The van der Waals surface area contributed by atoms with Crippen molar-refractivity contribution in [2.45, 2.75) is 0 Å². The lowest BCUT2D eigenvalue weighted by Crippen LogP contribution is -1.89. The summed E-state index contributed by atoms with van der Waals surface area (Å²) in [6, 6.07) is 47.9. The molecular formula is C37H21NS2. The molecule has 6 aromatic carbocycles. The van der Waals surface area contributed by atoms with Gasteiger partial charge in [-0.1, -0.05) is 78.9 Å². The molecule has 0 aliphatic carbocycles. The Kier molecular flexibility index (Phi) is 5.31. The number of nitrogens with zero attached hydrogens (tertiary/aromatic N) is 1.